The van der Waals surface area contributed by atoms with Crippen LogP contribution in [0, 0.1) is 0 Å². The quantitative estimate of drug-likeness (QED) is 0.663. The number of ether oxygens (including phenoxy) is 1. The van der Waals surface area contributed by atoms with Gasteiger partial charge in [0.15, 0.2) is 0 Å². The number of rotatable bonds is 6. The van der Waals surface area contributed by atoms with Crippen molar-refractivity contribution in [2.45, 2.75) is 32.9 Å². The summed E-state index contributed by atoms with van der Waals surface area (Å²) in [6.45, 7) is 2.62. The van der Waals surface area contributed by atoms with E-state index in [0.717, 1.165) is 6.42 Å². The Morgan fingerprint density at radius 1 is 1.57 bits per heavy atom. The van der Waals surface area contributed by atoms with Crippen molar-refractivity contribution >= 4 is 0 Å². The van der Waals surface area contributed by atoms with Crippen molar-refractivity contribution in [2.24, 2.45) is 0 Å². The predicted molar refractivity (Wildman–Crippen MR) is 48.2 cm³/mol. The molecule has 0 spiro atoms. The third-order valence-corrected chi connectivity index (χ3v) is 1.71. The van der Waals surface area contributed by atoms with Crippen LogP contribution < -0.4 is 0 Å². The van der Waals surface area contributed by atoms with Crippen molar-refractivity contribution in [3.63, 3.8) is 0 Å². The molecule has 0 atom stereocenters. The van der Waals surface area contributed by atoms with Gasteiger partial charge in [-0.1, -0.05) is 6.92 Å². The van der Waals surface area contributed by atoms with Gasteiger partial charge in [-0.3, -0.25) is 4.68 Å². The van der Waals surface area contributed by atoms with Crippen LogP contribution in [0.3, 0.4) is 0 Å². The Morgan fingerprint density at radius 3 is 3.00 bits per heavy atom. The molecule has 0 fully saturated rings. The van der Waals surface area contributed by atoms with E-state index in [-0.39, 0.29) is 6.54 Å². The summed E-state index contributed by atoms with van der Waals surface area (Å²) < 4.78 is 30.7. The summed E-state index contributed by atoms with van der Waals surface area (Å²) in [5, 5.41) is 3.79. The van der Waals surface area contributed by atoms with Crippen molar-refractivity contribution < 1.29 is 13.5 Å². The summed E-state index contributed by atoms with van der Waals surface area (Å²) >= 11 is 0. The van der Waals surface area contributed by atoms with Gasteiger partial charge in [0.2, 0.25) is 0 Å². The fourth-order valence-electron chi connectivity index (χ4n) is 1.10. The minimum atomic E-state index is -2.38. The topological polar surface area (TPSA) is 27.1 Å². The smallest absolute Gasteiger partial charge is 0.257 e. The van der Waals surface area contributed by atoms with Gasteiger partial charge >= 0.3 is 0 Å². The average molecular weight is 204 g/mol. The molecule has 0 amide bonds. The molecule has 0 aliphatic rings. The lowest BCUT2D eigenvalue weighted by Crippen LogP contribution is -2.12. The molecule has 0 unspecified atom stereocenters. The first kappa shape index (κ1) is 11.1. The van der Waals surface area contributed by atoms with Crippen molar-refractivity contribution in [1.29, 1.82) is 0 Å². The zero-order valence-corrected chi connectivity index (χ0v) is 8.12. The van der Waals surface area contributed by atoms with Crippen molar-refractivity contribution in [3.8, 4) is 0 Å². The molecule has 1 aromatic heterocycles. The highest BCUT2D eigenvalue weighted by Gasteiger charge is 2.08. The molecule has 0 saturated heterocycles. The summed E-state index contributed by atoms with van der Waals surface area (Å²) in [6.07, 6.45) is 0.0514. The monoisotopic (exact) mass is 204 g/mol. The molecular formula is C9H14F2N2O. The van der Waals surface area contributed by atoms with Crippen LogP contribution in [0.1, 0.15) is 19.0 Å². The van der Waals surface area contributed by atoms with Gasteiger partial charge in [0.1, 0.15) is 6.54 Å². The Labute approximate surface area is 81.7 Å². The molecule has 3 nitrogen and oxygen atoms in total. The summed E-state index contributed by atoms with van der Waals surface area (Å²) in [5.74, 6) is 0. The first-order valence-corrected chi connectivity index (χ1v) is 4.60. The van der Waals surface area contributed by atoms with Crippen LogP contribution in [0.25, 0.3) is 0 Å². The van der Waals surface area contributed by atoms with E-state index >= 15 is 0 Å². The average Bonchev–Trinajstić information content (AvgIpc) is 2.52. The van der Waals surface area contributed by atoms with E-state index in [1.165, 1.54) is 10.9 Å². The van der Waals surface area contributed by atoms with E-state index in [2.05, 4.69) is 5.10 Å². The van der Waals surface area contributed by atoms with Crippen LogP contribution in [0.4, 0.5) is 8.78 Å². The van der Waals surface area contributed by atoms with E-state index in [1.54, 1.807) is 6.07 Å². The summed E-state index contributed by atoms with van der Waals surface area (Å²) in [5.41, 5.74) is 0.693. The Kier molecular flexibility index (Phi) is 4.52. The van der Waals surface area contributed by atoms with Crippen molar-refractivity contribution in [3.05, 3.63) is 18.0 Å². The highest BCUT2D eigenvalue weighted by atomic mass is 19.3. The van der Waals surface area contributed by atoms with Crippen LogP contribution in [0.5, 0.6) is 0 Å². The zero-order valence-electron chi connectivity index (χ0n) is 8.12. The van der Waals surface area contributed by atoms with Gasteiger partial charge in [0, 0.05) is 12.8 Å². The highest BCUT2D eigenvalue weighted by Crippen LogP contribution is 2.05. The minimum Gasteiger partial charge on any atom is -0.375 e. The molecule has 0 aromatic carbocycles. The molecule has 14 heavy (non-hydrogen) atoms. The maximum absolute atomic E-state index is 12.1. The molecule has 0 aliphatic heterocycles. The second-order valence-electron chi connectivity index (χ2n) is 2.95. The molecule has 0 aliphatic carbocycles. The van der Waals surface area contributed by atoms with Gasteiger partial charge in [-0.25, -0.2) is 8.78 Å². The minimum absolute atomic E-state index is 0.348. The Bertz CT molecular complexity index is 263. The molecule has 0 N–H and O–H groups in total. The van der Waals surface area contributed by atoms with E-state index in [4.69, 9.17) is 4.74 Å². The third kappa shape index (κ3) is 3.41. The lowest BCUT2D eigenvalue weighted by Gasteiger charge is -2.06. The van der Waals surface area contributed by atoms with E-state index in [1.807, 2.05) is 6.92 Å². The number of hydrogen-bond acceptors (Lipinski definition) is 2. The first-order valence-electron chi connectivity index (χ1n) is 4.60. The van der Waals surface area contributed by atoms with Gasteiger partial charge in [0.25, 0.3) is 6.43 Å². The summed E-state index contributed by atoms with van der Waals surface area (Å²) in [6, 6.07) is 1.69. The third-order valence-electron chi connectivity index (χ3n) is 1.71. The van der Waals surface area contributed by atoms with Crippen LogP contribution >= 0.6 is 0 Å². The van der Waals surface area contributed by atoms with Gasteiger partial charge in [0.05, 0.1) is 12.3 Å². The molecular weight excluding hydrogens is 190 g/mol. The SMILES string of the molecule is CCCOCc1ccnn1CC(F)F. The lowest BCUT2D eigenvalue weighted by molar-refractivity contribution is 0.0994. The summed E-state index contributed by atoms with van der Waals surface area (Å²) in [4.78, 5) is 0. The Balaban J connectivity index is 2.45. The molecule has 0 radical (unpaired) electrons. The number of aromatic nitrogens is 2. The van der Waals surface area contributed by atoms with Gasteiger partial charge in [-0.05, 0) is 12.5 Å². The van der Waals surface area contributed by atoms with Crippen molar-refractivity contribution in [2.75, 3.05) is 6.61 Å². The standard InChI is InChI=1S/C9H14F2N2O/c1-2-5-14-7-8-3-4-12-13(8)6-9(10)11/h3-4,9H,2,5-7H2,1H3. The Hall–Kier alpha value is -0.970. The molecule has 1 rings (SSSR count). The van der Waals surface area contributed by atoms with Crippen LogP contribution in [0.2, 0.25) is 0 Å². The number of alkyl halides is 2. The fraction of sp³-hybridized carbons (Fsp3) is 0.667. The second-order valence-corrected chi connectivity index (χ2v) is 2.95. The van der Waals surface area contributed by atoms with E-state index in [9.17, 15) is 8.78 Å². The lowest BCUT2D eigenvalue weighted by atomic mass is 10.4. The molecule has 0 saturated carbocycles. The van der Waals surface area contributed by atoms with E-state index in [0.29, 0.717) is 18.9 Å². The van der Waals surface area contributed by atoms with E-state index < -0.39 is 6.43 Å². The first-order chi connectivity index (χ1) is 6.74. The van der Waals surface area contributed by atoms with Gasteiger partial charge in [-0.15, -0.1) is 0 Å². The maximum Gasteiger partial charge on any atom is 0.257 e. The number of hydrogen-bond donors (Lipinski definition) is 0. The number of nitrogens with zero attached hydrogens (tertiary/aromatic N) is 2. The van der Waals surface area contributed by atoms with Crippen molar-refractivity contribution in [1.82, 2.24) is 9.78 Å². The largest absolute Gasteiger partial charge is 0.375 e. The fourth-order valence-corrected chi connectivity index (χ4v) is 1.10. The molecule has 0 bridgehead atoms. The van der Waals surface area contributed by atoms with Crippen LogP contribution in [-0.2, 0) is 17.9 Å². The molecule has 80 valence electrons. The number of halogens is 2. The van der Waals surface area contributed by atoms with Gasteiger partial charge < -0.3 is 4.74 Å². The predicted octanol–water partition coefficient (Wildman–Crippen LogP) is 2.07. The van der Waals surface area contributed by atoms with Crippen LogP contribution in [-0.4, -0.2) is 22.8 Å². The molecule has 1 heterocycles. The maximum atomic E-state index is 12.1. The second kappa shape index (κ2) is 5.70. The normalized spacial score (nSPS) is 11.1. The highest BCUT2D eigenvalue weighted by molar-refractivity contribution is 4.98. The summed E-state index contributed by atoms with van der Waals surface area (Å²) in [7, 11) is 0. The van der Waals surface area contributed by atoms with Gasteiger partial charge in [-0.2, -0.15) is 5.10 Å². The Morgan fingerprint density at radius 2 is 2.36 bits per heavy atom. The van der Waals surface area contributed by atoms with Crippen LogP contribution in [0.15, 0.2) is 12.3 Å². The molecule has 5 heteroatoms. The molecule has 1 aromatic rings. The zero-order chi connectivity index (χ0) is 10.4.